The van der Waals surface area contributed by atoms with Crippen LogP contribution in [-0.4, -0.2) is 42.0 Å². The van der Waals surface area contributed by atoms with Crippen molar-refractivity contribution in [2.45, 2.75) is 51.6 Å². The molecule has 2 N–H and O–H groups in total. The maximum Gasteiger partial charge on any atom is 0.315 e. The lowest BCUT2D eigenvalue weighted by Gasteiger charge is -2.35. The van der Waals surface area contributed by atoms with Gasteiger partial charge in [0.2, 0.25) is 5.91 Å². The molecule has 1 aliphatic rings. The fraction of sp³-hybridized carbons (Fsp3) is 0.526. The second-order valence-corrected chi connectivity index (χ2v) is 6.56. The van der Waals surface area contributed by atoms with Crippen LogP contribution in [0.1, 0.15) is 44.2 Å². The van der Waals surface area contributed by atoms with E-state index in [9.17, 15) is 9.59 Å². The van der Waals surface area contributed by atoms with Gasteiger partial charge in [0.1, 0.15) is 6.04 Å². The summed E-state index contributed by atoms with van der Waals surface area (Å²) in [5.41, 5.74) is 1.60. The molecule has 0 unspecified atom stereocenters. The average Bonchev–Trinajstić information content (AvgIpc) is 2.61. The molecule has 1 aromatic rings. The van der Waals surface area contributed by atoms with Crippen molar-refractivity contribution in [3.63, 3.8) is 0 Å². The van der Waals surface area contributed by atoms with E-state index in [-0.39, 0.29) is 18.0 Å². The molecule has 0 aliphatic carbocycles. The van der Waals surface area contributed by atoms with Crippen LogP contribution in [0.3, 0.4) is 0 Å². The van der Waals surface area contributed by atoms with E-state index in [4.69, 9.17) is 5.26 Å². The van der Waals surface area contributed by atoms with Gasteiger partial charge in [0.25, 0.3) is 0 Å². The Balaban J connectivity index is 1.75. The van der Waals surface area contributed by atoms with Crippen LogP contribution in [0.15, 0.2) is 24.3 Å². The standard InChI is InChI=1S/C19H26N4O2/c1-14-6-3-4-11-23(14)18(24)15(2)22-19(25)21-10-9-16-7-5-8-17(12-16)13-20/h5,7-8,12,14-15H,3-4,6,9-11H2,1-2H3,(H2,21,22,25)/t14-,15+/m0/s1. The Labute approximate surface area is 149 Å². The van der Waals surface area contributed by atoms with Crippen LogP contribution in [0.5, 0.6) is 0 Å². The van der Waals surface area contributed by atoms with Gasteiger partial charge in [0, 0.05) is 19.1 Å². The summed E-state index contributed by atoms with van der Waals surface area (Å²) in [5, 5.41) is 14.4. The van der Waals surface area contributed by atoms with Crippen LogP contribution >= 0.6 is 0 Å². The second-order valence-electron chi connectivity index (χ2n) is 6.56. The van der Waals surface area contributed by atoms with Crippen molar-refractivity contribution in [2.24, 2.45) is 0 Å². The highest BCUT2D eigenvalue weighted by Gasteiger charge is 2.27. The summed E-state index contributed by atoms with van der Waals surface area (Å²) in [7, 11) is 0. The number of urea groups is 1. The lowest BCUT2D eigenvalue weighted by atomic mass is 10.0. The normalized spacial score (nSPS) is 18.1. The van der Waals surface area contributed by atoms with Gasteiger partial charge in [-0.1, -0.05) is 12.1 Å². The summed E-state index contributed by atoms with van der Waals surface area (Å²) >= 11 is 0. The quantitative estimate of drug-likeness (QED) is 0.860. The lowest BCUT2D eigenvalue weighted by Crippen LogP contribution is -2.53. The molecule has 25 heavy (non-hydrogen) atoms. The van der Waals surface area contributed by atoms with Crippen molar-refractivity contribution in [3.8, 4) is 6.07 Å². The predicted molar refractivity (Wildman–Crippen MR) is 95.9 cm³/mol. The molecule has 1 aromatic carbocycles. The van der Waals surface area contributed by atoms with Gasteiger partial charge in [-0.25, -0.2) is 4.79 Å². The van der Waals surface area contributed by atoms with Gasteiger partial charge in [-0.3, -0.25) is 4.79 Å². The summed E-state index contributed by atoms with van der Waals surface area (Å²) in [6, 6.07) is 8.76. The summed E-state index contributed by atoms with van der Waals surface area (Å²) in [4.78, 5) is 26.3. The SMILES string of the molecule is C[C@@H](NC(=O)NCCc1cccc(C#N)c1)C(=O)N1CCCC[C@@H]1C. The Hall–Kier alpha value is -2.55. The largest absolute Gasteiger partial charge is 0.338 e. The van der Waals surface area contributed by atoms with Crippen LogP contribution in [0, 0.1) is 11.3 Å². The minimum absolute atomic E-state index is 0.0240. The van der Waals surface area contributed by atoms with Gasteiger partial charge in [-0.15, -0.1) is 0 Å². The van der Waals surface area contributed by atoms with Gasteiger partial charge in [-0.05, 0) is 57.2 Å². The number of nitrogens with one attached hydrogen (secondary N) is 2. The molecule has 0 aromatic heterocycles. The number of amides is 3. The minimum atomic E-state index is -0.539. The zero-order valence-corrected chi connectivity index (χ0v) is 14.9. The number of nitrogens with zero attached hydrogens (tertiary/aromatic N) is 2. The summed E-state index contributed by atoms with van der Waals surface area (Å²) < 4.78 is 0. The van der Waals surface area contributed by atoms with E-state index >= 15 is 0 Å². The molecule has 2 atom stereocenters. The van der Waals surface area contributed by atoms with Crippen LogP contribution in [0.4, 0.5) is 4.79 Å². The van der Waals surface area contributed by atoms with Crippen LogP contribution in [-0.2, 0) is 11.2 Å². The number of carbonyl (C=O) groups is 2. The second kappa shape index (κ2) is 9.07. The summed E-state index contributed by atoms with van der Waals surface area (Å²) in [6.07, 6.45) is 3.83. The molecular formula is C19H26N4O2. The molecule has 134 valence electrons. The van der Waals surface area contributed by atoms with Crippen LogP contribution in [0.25, 0.3) is 0 Å². The highest BCUT2D eigenvalue weighted by atomic mass is 16.2. The maximum atomic E-state index is 12.5. The van der Waals surface area contributed by atoms with Gasteiger partial charge in [0.15, 0.2) is 0 Å². The number of hydrogen-bond donors (Lipinski definition) is 2. The Morgan fingerprint density at radius 2 is 2.20 bits per heavy atom. The molecule has 3 amide bonds. The van der Waals surface area contributed by atoms with Gasteiger partial charge < -0.3 is 15.5 Å². The first-order valence-electron chi connectivity index (χ1n) is 8.85. The van der Waals surface area contributed by atoms with Crippen molar-refractivity contribution in [1.29, 1.82) is 5.26 Å². The van der Waals surface area contributed by atoms with Crippen molar-refractivity contribution in [3.05, 3.63) is 35.4 Å². The van der Waals surface area contributed by atoms with Crippen molar-refractivity contribution in [1.82, 2.24) is 15.5 Å². The van der Waals surface area contributed by atoms with E-state index in [2.05, 4.69) is 23.6 Å². The fourth-order valence-electron chi connectivity index (χ4n) is 3.10. The van der Waals surface area contributed by atoms with E-state index in [0.717, 1.165) is 31.4 Å². The summed E-state index contributed by atoms with van der Waals surface area (Å²) in [6.45, 7) is 4.99. The number of piperidine rings is 1. The molecule has 0 bridgehead atoms. The van der Waals surface area contributed by atoms with Crippen molar-refractivity contribution in [2.75, 3.05) is 13.1 Å². The Bertz CT molecular complexity index is 653. The minimum Gasteiger partial charge on any atom is -0.338 e. The topological polar surface area (TPSA) is 85.2 Å². The zero-order chi connectivity index (χ0) is 18.2. The molecule has 6 nitrogen and oxygen atoms in total. The molecule has 0 spiro atoms. The third-order valence-electron chi connectivity index (χ3n) is 4.56. The third kappa shape index (κ3) is 5.49. The maximum absolute atomic E-state index is 12.5. The number of rotatable bonds is 5. The molecule has 0 saturated carbocycles. The smallest absolute Gasteiger partial charge is 0.315 e. The van der Waals surface area contributed by atoms with Gasteiger partial charge in [-0.2, -0.15) is 5.26 Å². The predicted octanol–water partition coefficient (Wildman–Crippen LogP) is 2.19. The molecule has 1 heterocycles. The summed E-state index contributed by atoms with van der Waals surface area (Å²) in [5.74, 6) is -0.0240. The zero-order valence-electron chi connectivity index (χ0n) is 14.9. The van der Waals surface area contributed by atoms with E-state index in [0.29, 0.717) is 18.5 Å². The first kappa shape index (κ1) is 18.8. The highest BCUT2D eigenvalue weighted by molar-refractivity contribution is 5.87. The number of likely N-dealkylation sites (tertiary alicyclic amines) is 1. The molecule has 6 heteroatoms. The van der Waals surface area contributed by atoms with E-state index in [1.807, 2.05) is 23.1 Å². The molecule has 0 radical (unpaired) electrons. The first-order valence-corrected chi connectivity index (χ1v) is 8.85. The monoisotopic (exact) mass is 342 g/mol. The molecule has 1 saturated heterocycles. The molecular weight excluding hydrogens is 316 g/mol. The van der Waals surface area contributed by atoms with E-state index < -0.39 is 6.04 Å². The Morgan fingerprint density at radius 3 is 2.92 bits per heavy atom. The Morgan fingerprint density at radius 1 is 1.40 bits per heavy atom. The highest BCUT2D eigenvalue weighted by Crippen LogP contribution is 2.17. The molecule has 1 fully saturated rings. The van der Waals surface area contributed by atoms with Crippen LogP contribution in [0.2, 0.25) is 0 Å². The van der Waals surface area contributed by atoms with E-state index in [1.54, 1.807) is 13.0 Å². The van der Waals surface area contributed by atoms with Crippen molar-refractivity contribution < 1.29 is 9.59 Å². The number of carbonyl (C=O) groups excluding carboxylic acids is 2. The number of nitriles is 1. The first-order chi connectivity index (χ1) is 12.0. The molecule has 2 rings (SSSR count). The van der Waals surface area contributed by atoms with Gasteiger partial charge >= 0.3 is 6.03 Å². The third-order valence-corrected chi connectivity index (χ3v) is 4.56. The fourth-order valence-corrected chi connectivity index (χ4v) is 3.10. The van der Waals surface area contributed by atoms with Gasteiger partial charge in [0.05, 0.1) is 11.6 Å². The number of benzene rings is 1. The van der Waals surface area contributed by atoms with Crippen LogP contribution < -0.4 is 10.6 Å². The average molecular weight is 342 g/mol. The number of hydrogen-bond acceptors (Lipinski definition) is 3. The van der Waals surface area contributed by atoms with E-state index in [1.165, 1.54) is 0 Å². The lowest BCUT2D eigenvalue weighted by molar-refractivity contribution is -0.136. The Kier molecular flexibility index (Phi) is 6.81. The van der Waals surface area contributed by atoms with Crippen molar-refractivity contribution >= 4 is 11.9 Å². The molecule has 1 aliphatic heterocycles.